The van der Waals surface area contributed by atoms with E-state index in [1.54, 1.807) is 13.8 Å². The Morgan fingerprint density at radius 1 is 1.02 bits per heavy atom. The van der Waals surface area contributed by atoms with E-state index in [2.05, 4.69) is 0 Å². The summed E-state index contributed by atoms with van der Waals surface area (Å²) in [5.74, 6) is -4.60. The van der Waals surface area contributed by atoms with Crippen molar-refractivity contribution in [3.05, 3.63) is 11.1 Å². The number of ether oxygens (including phenoxy) is 1. The van der Waals surface area contributed by atoms with E-state index in [1.807, 2.05) is 27.7 Å². The maximum atomic E-state index is 14.6. The Hall–Kier alpha value is -2.39. The zero-order valence-corrected chi connectivity index (χ0v) is 25.6. The Morgan fingerprint density at radius 3 is 2.20 bits per heavy atom. The molecule has 1 unspecified atom stereocenters. The summed E-state index contributed by atoms with van der Waals surface area (Å²) in [6.07, 6.45) is -1.87. The van der Waals surface area contributed by atoms with Crippen LogP contribution in [0.2, 0.25) is 0 Å². The number of fused-ring (bicyclic) bond motifs is 4. The molecule has 9 nitrogen and oxygen atoms in total. The van der Waals surface area contributed by atoms with E-state index in [9.17, 15) is 39.3 Å². The average molecular weight is 575 g/mol. The first-order valence-corrected chi connectivity index (χ1v) is 14.9. The molecule has 9 heteroatoms. The van der Waals surface area contributed by atoms with E-state index in [4.69, 9.17) is 4.74 Å². The number of carbonyl (C=O) groups is 5. The predicted octanol–water partition coefficient (Wildman–Crippen LogP) is 3.67. The van der Waals surface area contributed by atoms with E-state index < -0.39 is 75.4 Å². The fraction of sp³-hybridized carbons (Fsp3) is 0.781. The summed E-state index contributed by atoms with van der Waals surface area (Å²) in [4.78, 5) is 65.5. The number of hydrogen-bond donors (Lipinski definition) is 3. The number of Topliss-reactive ketones (excluding diaryl/α,β-unsaturated/α-hetero) is 3. The number of carboxylic acid groups (broad SMARTS) is 1. The summed E-state index contributed by atoms with van der Waals surface area (Å²) in [5.41, 5.74) is -3.15. The highest BCUT2D eigenvalue weighted by Crippen LogP contribution is 2.71. The minimum atomic E-state index is -1.33. The van der Waals surface area contributed by atoms with E-state index in [-0.39, 0.29) is 43.2 Å². The van der Waals surface area contributed by atoms with Crippen molar-refractivity contribution < 1.29 is 44.0 Å². The summed E-state index contributed by atoms with van der Waals surface area (Å²) in [6, 6.07) is 0. The predicted molar refractivity (Wildman–Crippen MR) is 148 cm³/mol. The van der Waals surface area contributed by atoms with Crippen molar-refractivity contribution in [3.63, 3.8) is 0 Å². The van der Waals surface area contributed by atoms with Crippen LogP contribution >= 0.6 is 0 Å². The van der Waals surface area contributed by atoms with Gasteiger partial charge in [-0.2, -0.15) is 0 Å². The summed E-state index contributed by atoms with van der Waals surface area (Å²) in [6.45, 7) is 13.9. The standard InChI is InChI=1S/C32H46O9/c1-15(11-18(34)12-16(2)28(39)40)19-13-23(37)32(8)24-20(35)14-21-29(4,5)22(36)9-10-30(21,6)25(24)26(38)27(31(19,32)7)41-17(3)33/h15-16,19-22,27,35-36H,9-14H2,1-8H3,(H,39,40)/t15-,16?,19-,20-,21+,22+,27-,30+,31+,32+/m1/s1. The second kappa shape index (κ2) is 10.1. The molecular weight excluding hydrogens is 528 g/mol. The molecule has 0 radical (unpaired) electrons. The van der Waals surface area contributed by atoms with Crippen LogP contribution in [0.5, 0.6) is 0 Å². The Labute approximate surface area is 242 Å². The molecule has 0 aromatic heterocycles. The van der Waals surface area contributed by atoms with Gasteiger partial charge in [0.05, 0.1) is 23.5 Å². The highest BCUT2D eigenvalue weighted by atomic mass is 16.5. The van der Waals surface area contributed by atoms with Crippen LogP contribution in [-0.2, 0) is 28.7 Å². The number of aliphatic carboxylic acids is 1. The number of esters is 1. The summed E-state index contributed by atoms with van der Waals surface area (Å²) < 4.78 is 5.83. The maximum absolute atomic E-state index is 14.6. The number of hydrogen-bond acceptors (Lipinski definition) is 8. The van der Waals surface area contributed by atoms with Crippen LogP contribution in [0.1, 0.15) is 93.9 Å². The van der Waals surface area contributed by atoms with Gasteiger partial charge in [0, 0.05) is 37.2 Å². The molecule has 2 fully saturated rings. The number of carbonyl (C=O) groups excluding carboxylic acids is 4. The second-order valence-corrected chi connectivity index (χ2v) is 14.5. The SMILES string of the molecule is CC(=O)O[C@@H]1C(=O)C2=C([C@H](O)C[C@H]3C(C)(C)[C@@H](O)CC[C@]23C)[C@]2(C)C(=O)C[C@H]([C@H](C)CC(=O)CC(C)C(=O)O)[C@@]12C. The lowest BCUT2D eigenvalue weighted by atomic mass is 9.41. The van der Waals surface area contributed by atoms with Gasteiger partial charge in [0.2, 0.25) is 5.78 Å². The molecule has 4 rings (SSSR count). The molecule has 3 N–H and O–H groups in total. The number of ketones is 3. The maximum Gasteiger partial charge on any atom is 0.306 e. The highest BCUT2D eigenvalue weighted by molar-refractivity contribution is 6.08. The Bertz CT molecular complexity index is 1220. The van der Waals surface area contributed by atoms with Crippen LogP contribution in [0, 0.1) is 45.3 Å². The van der Waals surface area contributed by atoms with Crippen molar-refractivity contribution in [1.29, 1.82) is 0 Å². The molecular formula is C32H46O9. The smallest absolute Gasteiger partial charge is 0.306 e. The largest absolute Gasteiger partial charge is 0.481 e. The Morgan fingerprint density at radius 2 is 1.63 bits per heavy atom. The Balaban J connectivity index is 1.87. The van der Waals surface area contributed by atoms with Gasteiger partial charge >= 0.3 is 11.9 Å². The third-order valence-electron chi connectivity index (χ3n) is 12.0. The molecule has 4 aliphatic rings. The lowest BCUT2D eigenvalue weighted by molar-refractivity contribution is -0.178. The molecule has 0 spiro atoms. The molecule has 0 saturated heterocycles. The molecule has 2 saturated carbocycles. The fourth-order valence-electron chi connectivity index (χ4n) is 9.45. The highest BCUT2D eigenvalue weighted by Gasteiger charge is 2.74. The topological polar surface area (TPSA) is 155 Å². The van der Waals surface area contributed by atoms with Crippen LogP contribution < -0.4 is 0 Å². The normalized spacial score (nSPS) is 41.2. The fourth-order valence-corrected chi connectivity index (χ4v) is 9.45. The molecule has 0 aromatic carbocycles. The minimum Gasteiger partial charge on any atom is -0.481 e. The van der Waals surface area contributed by atoms with Gasteiger partial charge in [-0.15, -0.1) is 0 Å². The summed E-state index contributed by atoms with van der Waals surface area (Å²) >= 11 is 0. The monoisotopic (exact) mass is 574 g/mol. The molecule has 41 heavy (non-hydrogen) atoms. The van der Waals surface area contributed by atoms with Gasteiger partial charge in [0.1, 0.15) is 11.6 Å². The summed E-state index contributed by atoms with van der Waals surface area (Å²) in [5, 5.41) is 31.9. The van der Waals surface area contributed by atoms with Gasteiger partial charge in [-0.3, -0.25) is 24.0 Å². The van der Waals surface area contributed by atoms with Crippen molar-refractivity contribution in [3.8, 4) is 0 Å². The molecule has 0 heterocycles. The quantitative estimate of drug-likeness (QED) is 0.386. The Kier molecular flexibility index (Phi) is 7.78. The van der Waals surface area contributed by atoms with E-state index in [0.717, 1.165) is 0 Å². The first kappa shape index (κ1) is 31.5. The van der Waals surface area contributed by atoms with Gasteiger partial charge in [-0.1, -0.05) is 41.5 Å². The van der Waals surface area contributed by atoms with Gasteiger partial charge < -0.3 is 20.1 Å². The van der Waals surface area contributed by atoms with E-state index in [1.165, 1.54) is 13.8 Å². The van der Waals surface area contributed by atoms with Crippen LogP contribution in [0.15, 0.2) is 11.1 Å². The van der Waals surface area contributed by atoms with Gasteiger partial charge in [-0.05, 0) is 60.3 Å². The second-order valence-electron chi connectivity index (χ2n) is 14.5. The molecule has 228 valence electrons. The lowest BCUT2D eigenvalue weighted by Gasteiger charge is -2.62. The molecule has 4 aliphatic carbocycles. The van der Waals surface area contributed by atoms with E-state index in [0.29, 0.717) is 24.0 Å². The van der Waals surface area contributed by atoms with Crippen molar-refractivity contribution in [2.24, 2.45) is 45.3 Å². The zero-order valence-electron chi connectivity index (χ0n) is 25.6. The van der Waals surface area contributed by atoms with Gasteiger partial charge in [0.25, 0.3) is 0 Å². The number of carboxylic acids is 1. The van der Waals surface area contributed by atoms with Crippen LogP contribution in [0.3, 0.4) is 0 Å². The van der Waals surface area contributed by atoms with Crippen molar-refractivity contribution in [1.82, 2.24) is 0 Å². The van der Waals surface area contributed by atoms with Crippen LogP contribution in [0.25, 0.3) is 0 Å². The average Bonchev–Trinajstić information content (AvgIpc) is 3.07. The van der Waals surface area contributed by atoms with Crippen LogP contribution in [-0.4, -0.2) is 62.9 Å². The first-order chi connectivity index (χ1) is 18.8. The van der Waals surface area contributed by atoms with Gasteiger partial charge in [-0.25, -0.2) is 0 Å². The number of aliphatic hydroxyl groups is 2. The van der Waals surface area contributed by atoms with Gasteiger partial charge in [0.15, 0.2) is 6.10 Å². The van der Waals surface area contributed by atoms with Crippen molar-refractivity contribution in [2.45, 2.75) is 112 Å². The molecule has 10 atom stereocenters. The third kappa shape index (κ3) is 4.36. The lowest BCUT2D eigenvalue weighted by Crippen LogP contribution is -2.65. The third-order valence-corrected chi connectivity index (χ3v) is 12.0. The number of aliphatic hydroxyl groups excluding tert-OH is 2. The zero-order chi connectivity index (χ0) is 31.0. The molecule has 0 aromatic rings. The molecule has 0 aliphatic heterocycles. The van der Waals surface area contributed by atoms with Crippen molar-refractivity contribution in [2.75, 3.05) is 0 Å². The minimum absolute atomic E-state index is 0.0164. The summed E-state index contributed by atoms with van der Waals surface area (Å²) in [7, 11) is 0. The van der Waals surface area contributed by atoms with E-state index >= 15 is 0 Å². The van der Waals surface area contributed by atoms with Crippen LogP contribution in [0.4, 0.5) is 0 Å². The molecule has 0 amide bonds. The number of rotatable bonds is 7. The van der Waals surface area contributed by atoms with Crippen molar-refractivity contribution >= 4 is 29.3 Å². The first-order valence-electron chi connectivity index (χ1n) is 14.9. The molecule has 0 bridgehead atoms.